The van der Waals surface area contributed by atoms with Crippen molar-refractivity contribution < 1.29 is 4.79 Å². The Morgan fingerprint density at radius 3 is 2.56 bits per heavy atom. The van der Waals surface area contributed by atoms with Crippen LogP contribution in [0.15, 0.2) is 0 Å². The number of rotatable bonds is 3. The Labute approximate surface area is 105 Å². The molecule has 1 aliphatic carbocycles. The predicted molar refractivity (Wildman–Crippen MR) is 69.6 cm³/mol. The van der Waals surface area contributed by atoms with Crippen LogP contribution in [0.5, 0.6) is 0 Å². The molecule has 0 bridgehead atoms. The average Bonchev–Trinajstić information content (AvgIpc) is 2.17. The van der Waals surface area contributed by atoms with E-state index >= 15 is 0 Å². The monoisotopic (exact) mass is 248 g/mol. The molecule has 3 unspecified atom stereocenters. The van der Waals surface area contributed by atoms with E-state index < -0.39 is 0 Å². The molecule has 0 aromatic rings. The van der Waals surface area contributed by atoms with Gasteiger partial charge in [-0.2, -0.15) is 0 Å². The van der Waals surface area contributed by atoms with Crippen LogP contribution in [0.4, 0.5) is 0 Å². The van der Waals surface area contributed by atoms with Crippen LogP contribution in [0, 0.1) is 17.8 Å². The Hall–Kier alpha value is -0.280. The average molecular weight is 249 g/mol. The Morgan fingerprint density at radius 1 is 1.44 bits per heavy atom. The first kappa shape index (κ1) is 15.7. The number of carbonyl (C=O) groups excluding carboxylic acids is 1. The van der Waals surface area contributed by atoms with E-state index in [2.05, 4.69) is 26.1 Å². The topological polar surface area (TPSA) is 55.1 Å². The molecule has 0 spiro atoms. The lowest BCUT2D eigenvalue weighted by Crippen LogP contribution is -2.47. The van der Waals surface area contributed by atoms with Gasteiger partial charge >= 0.3 is 0 Å². The highest BCUT2D eigenvalue weighted by Crippen LogP contribution is 2.33. The molecule has 1 saturated carbocycles. The van der Waals surface area contributed by atoms with Gasteiger partial charge in [-0.25, -0.2) is 0 Å². The second-order valence-corrected chi connectivity index (χ2v) is 5.20. The van der Waals surface area contributed by atoms with E-state index in [4.69, 9.17) is 5.73 Å². The third-order valence-corrected chi connectivity index (χ3v) is 3.55. The molecule has 1 amide bonds. The maximum absolute atomic E-state index is 11.3. The molecule has 0 aromatic carbocycles. The zero-order chi connectivity index (χ0) is 11.4. The van der Waals surface area contributed by atoms with Gasteiger partial charge in [0.05, 0.1) is 6.54 Å². The van der Waals surface area contributed by atoms with Gasteiger partial charge in [0.2, 0.25) is 5.91 Å². The molecule has 3 N–H and O–H groups in total. The van der Waals surface area contributed by atoms with Crippen molar-refractivity contribution in [2.45, 2.75) is 46.1 Å². The van der Waals surface area contributed by atoms with Gasteiger partial charge in [0.25, 0.3) is 0 Å². The highest BCUT2D eigenvalue weighted by Gasteiger charge is 2.31. The molecule has 16 heavy (non-hydrogen) atoms. The Bertz CT molecular complexity index is 221. The van der Waals surface area contributed by atoms with Crippen LogP contribution in [0.3, 0.4) is 0 Å². The molecule has 0 aromatic heterocycles. The fourth-order valence-electron chi connectivity index (χ4n) is 2.63. The molecule has 96 valence electrons. The Balaban J connectivity index is 0.00000225. The van der Waals surface area contributed by atoms with Crippen LogP contribution in [0.25, 0.3) is 0 Å². The van der Waals surface area contributed by atoms with E-state index in [-0.39, 0.29) is 24.9 Å². The van der Waals surface area contributed by atoms with Crippen molar-refractivity contribution in [3.05, 3.63) is 0 Å². The number of nitrogens with two attached hydrogens (primary N) is 1. The molecule has 0 saturated heterocycles. The number of hydrogen-bond donors (Lipinski definition) is 2. The van der Waals surface area contributed by atoms with Gasteiger partial charge in [-0.15, -0.1) is 12.4 Å². The van der Waals surface area contributed by atoms with Gasteiger partial charge in [-0.1, -0.05) is 27.2 Å². The molecular formula is C12H25ClN2O. The normalized spacial score (nSPS) is 29.7. The number of halogens is 1. The van der Waals surface area contributed by atoms with Gasteiger partial charge in [0.1, 0.15) is 0 Å². The third kappa shape index (κ3) is 4.30. The van der Waals surface area contributed by atoms with Crippen molar-refractivity contribution >= 4 is 18.3 Å². The van der Waals surface area contributed by atoms with E-state index in [9.17, 15) is 4.79 Å². The summed E-state index contributed by atoms with van der Waals surface area (Å²) in [4.78, 5) is 11.3. The van der Waals surface area contributed by atoms with Gasteiger partial charge in [0, 0.05) is 6.04 Å². The van der Waals surface area contributed by atoms with Crippen LogP contribution >= 0.6 is 12.4 Å². The molecule has 0 heterocycles. The predicted octanol–water partition coefficient (Wildman–Crippen LogP) is 1.94. The summed E-state index contributed by atoms with van der Waals surface area (Å²) in [5.74, 6) is 1.97. The van der Waals surface area contributed by atoms with Crippen LogP contribution in [-0.2, 0) is 4.79 Å². The van der Waals surface area contributed by atoms with Crippen molar-refractivity contribution in [2.24, 2.45) is 23.5 Å². The zero-order valence-corrected chi connectivity index (χ0v) is 11.3. The van der Waals surface area contributed by atoms with Crippen LogP contribution < -0.4 is 11.1 Å². The summed E-state index contributed by atoms with van der Waals surface area (Å²) in [5.41, 5.74) is 5.33. The molecule has 0 aliphatic heterocycles. The molecule has 4 heteroatoms. The zero-order valence-electron chi connectivity index (χ0n) is 10.5. The first-order chi connectivity index (χ1) is 7.04. The summed E-state index contributed by atoms with van der Waals surface area (Å²) in [7, 11) is 0. The number of amides is 1. The van der Waals surface area contributed by atoms with E-state index in [0.717, 1.165) is 12.3 Å². The van der Waals surface area contributed by atoms with Crippen molar-refractivity contribution in [2.75, 3.05) is 6.54 Å². The largest absolute Gasteiger partial charge is 0.352 e. The van der Waals surface area contributed by atoms with E-state index in [1.54, 1.807) is 0 Å². The SMILES string of the molecule is CC1CCC(C(C)C)C(NC(=O)CN)C1.Cl. The number of hydrogen-bond acceptors (Lipinski definition) is 2. The fraction of sp³-hybridized carbons (Fsp3) is 0.917. The molecule has 1 aliphatic rings. The van der Waals surface area contributed by atoms with Crippen molar-refractivity contribution in [3.8, 4) is 0 Å². The molecule has 1 rings (SSSR count). The summed E-state index contributed by atoms with van der Waals surface area (Å²) < 4.78 is 0. The second-order valence-electron chi connectivity index (χ2n) is 5.20. The smallest absolute Gasteiger partial charge is 0.233 e. The summed E-state index contributed by atoms with van der Waals surface area (Å²) >= 11 is 0. The molecular weight excluding hydrogens is 224 g/mol. The quantitative estimate of drug-likeness (QED) is 0.802. The van der Waals surface area contributed by atoms with Crippen molar-refractivity contribution in [3.63, 3.8) is 0 Å². The summed E-state index contributed by atoms with van der Waals surface area (Å²) in [6.45, 7) is 6.85. The summed E-state index contributed by atoms with van der Waals surface area (Å²) in [5, 5.41) is 3.07. The lowest BCUT2D eigenvalue weighted by atomic mass is 9.74. The molecule has 0 radical (unpaired) electrons. The van der Waals surface area contributed by atoms with Gasteiger partial charge in [-0.05, 0) is 30.6 Å². The molecule has 3 atom stereocenters. The minimum absolute atomic E-state index is 0. The summed E-state index contributed by atoms with van der Waals surface area (Å²) in [6, 6.07) is 0.338. The van der Waals surface area contributed by atoms with Gasteiger partial charge in [0.15, 0.2) is 0 Å². The fourth-order valence-corrected chi connectivity index (χ4v) is 2.63. The van der Waals surface area contributed by atoms with E-state index in [0.29, 0.717) is 17.9 Å². The van der Waals surface area contributed by atoms with Gasteiger partial charge < -0.3 is 11.1 Å². The Kier molecular flexibility index (Phi) is 7.00. The van der Waals surface area contributed by atoms with E-state index in [1.165, 1.54) is 12.8 Å². The lowest BCUT2D eigenvalue weighted by Gasteiger charge is -2.37. The van der Waals surface area contributed by atoms with Crippen molar-refractivity contribution in [1.29, 1.82) is 0 Å². The minimum atomic E-state index is -0.0141. The minimum Gasteiger partial charge on any atom is -0.352 e. The van der Waals surface area contributed by atoms with Crippen LogP contribution in [0.1, 0.15) is 40.0 Å². The number of carbonyl (C=O) groups is 1. The van der Waals surface area contributed by atoms with E-state index in [1.807, 2.05) is 0 Å². The molecule has 1 fully saturated rings. The van der Waals surface area contributed by atoms with Crippen molar-refractivity contribution in [1.82, 2.24) is 5.32 Å². The highest BCUT2D eigenvalue weighted by molar-refractivity contribution is 5.85. The van der Waals surface area contributed by atoms with Crippen LogP contribution in [0.2, 0.25) is 0 Å². The number of nitrogens with one attached hydrogen (secondary N) is 1. The maximum Gasteiger partial charge on any atom is 0.233 e. The standard InChI is InChI=1S/C12H24N2O.ClH/c1-8(2)10-5-4-9(3)6-11(10)14-12(15)7-13;/h8-11H,4-7,13H2,1-3H3,(H,14,15);1H. The maximum atomic E-state index is 11.3. The molecule has 3 nitrogen and oxygen atoms in total. The summed E-state index contributed by atoms with van der Waals surface area (Å²) in [6.07, 6.45) is 3.63. The first-order valence-corrected chi connectivity index (χ1v) is 6.04. The second kappa shape index (κ2) is 7.13. The first-order valence-electron chi connectivity index (χ1n) is 6.04. The third-order valence-electron chi connectivity index (χ3n) is 3.55. The highest BCUT2D eigenvalue weighted by atomic mass is 35.5. The lowest BCUT2D eigenvalue weighted by molar-refractivity contribution is -0.121. The Morgan fingerprint density at radius 2 is 2.06 bits per heavy atom. The van der Waals surface area contributed by atoms with Gasteiger partial charge in [-0.3, -0.25) is 4.79 Å². The van der Waals surface area contributed by atoms with Crippen LogP contribution in [-0.4, -0.2) is 18.5 Å².